The average Bonchev–Trinajstić information content (AvgIpc) is 2.76. The minimum atomic E-state index is -0.0356. The molecule has 92 valence electrons. The SMILES string of the molecule is CC1CC(C(=O)Nc2cccc(CN)c2)CO1. The van der Waals surface area contributed by atoms with Gasteiger partial charge in [0.2, 0.25) is 5.91 Å². The lowest BCUT2D eigenvalue weighted by atomic mass is 10.1. The van der Waals surface area contributed by atoms with E-state index in [4.69, 9.17) is 10.5 Å². The van der Waals surface area contributed by atoms with Gasteiger partial charge in [0.15, 0.2) is 0 Å². The highest BCUT2D eigenvalue weighted by atomic mass is 16.5. The summed E-state index contributed by atoms with van der Waals surface area (Å²) in [6.07, 6.45) is 0.976. The summed E-state index contributed by atoms with van der Waals surface area (Å²) in [6, 6.07) is 7.61. The lowest BCUT2D eigenvalue weighted by Gasteiger charge is -2.10. The van der Waals surface area contributed by atoms with Gasteiger partial charge in [-0.2, -0.15) is 0 Å². The topological polar surface area (TPSA) is 64.4 Å². The molecule has 1 aromatic carbocycles. The van der Waals surface area contributed by atoms with Crippen molar-refractivity contribution in [2.75, 3.05) is 11.9 Å². The Balaban J connectivity index is 1.98. The van der Waals surface area contributed by atoms with Gasteiger partial charge < -0.3 is 15.8 Å². The Morgan fingerprint density at radius 2 is 2.41 bits per heavy atom. The normalized spacial score (nSPS) is 23.6. The van der Waals surface area contributed by atoms with E-state index < -0.39 is 0 Å². The molecule has 0 spiro atoms. The van der Waals surface area contributed by atoms with Crippen LogP contribution in [0.15, 0.2) is 24.3 Å². The predicted molar refractivity (Wildman–Crippen MR) is 66.5 cm³/mol. The second-order valence-electron chi connectivity index (χ2n) is 4.47. The molecule has 17 heavy (non-hydrogen) atoms. The van der Waals surface area contributed by atoms with Gasteiger partial charge in [0.25, 0.3) is 0 Å². The summed E-state index contributed by atoms with van der Waals surface area (Å²) in [7, 11) is 0. The predicted octanol–water partition coefficient (Wildman–Crippen LogP) is 1.51. The van der Waals surface area contributed by atoms with Crippen LogP contribution in [0, 0.1) is 5.92 Å². The Bertz CT molecular complexity index is 406. The first-order chi connectivity index (χ1) is 8.19. The molecule has 2 rings (SSSR count). The van der Waals surface area contributed by atoms with Crippen molar-refractivity contribution >= 4 is 11.6 Å². The van der Waals surface area contributed by atoms with Gasteiger partial charge in [0, 0.05) is 12.2 Å². The maximum Gasteiger partial charge on any atom is 0.229 e. The third kappa shape index (κ3) is 3.05. The van der Waals surface area contributed by atoms with E-state index in [1.807, 2.05) is 31.2 Å². The number of rotatable bonds is 3. The van der Waals surface area contributed by atoms with Gasteiger partial charge in [-0.1, -0.05) is 12.1 Å². The molecule has 1 aliphatic heterocycles. The summed E-state index contributed by atoms with van der Waals surface area (Å²) >= 11 is 0. The van der Waals surface area contributed by atoms with Gasteiger partial charge in [-0.25, -0.2) is 0 Å². The van der Waals surface area contributed by atoms with Gasteiger partial charge >= 0.3 is 0 Å². The molecule has 0 saturated carbocycles. The summed E-state index contributed by atoms with van der Waals surface area (Å²) in [6.45, 7) is 2.99. The standard InChI is InChI=1S/C13H18N2O2/c1-9-5-11(8-17-9)13(16)15-12-4-2-3-10(6-12)7-14/h2-4,6,9,11H,5,7-8,14H2,1H3,(H,15,16). The average molecular weight is 234 g/mol. The minimum absolute atomic E-state index is 0.0310. The number of benzene rings is 1. The smallest absolute Gasteiger partial charge is 0.229 e. The zero-order valence-corrected chi connectivity index (χ0v) is 9.98. The van der Waals surface area contributed by atoms with E-state index in [-0.39, 0.29) is 17.9 Å². The highest BCUT2D eigenvalue weighted by Crippen LogP contribution is 2.21. The zero-order chi connectivity index (χ0) is 12.3. The van der Waals surface area contributed by atoms with Crippen molar-refractivity contribution in [1.82, 2.24) is 0 Å². The monoisotopic (exact) mass is 234 g/mol. The van der Waals surface area contributed by atoms with Gasteiger partial charge in [-0.05, 0) is 31.0 Å². The van der Waals surface area contributed by atoms with Crippen LogP contribution in [0.1, 0.15) is 18.9 Å². The second kappa shape index (κ2) is 5.29. The van der Waals surface area contributed by atoms with Crippen molar-refractivity contribution < 1.29 is 9.53 Å². The van der Waals surface area contributed by atoms with Crippen LogP contribution in [-0.2, 0) is 16.1 Å². The van der Waals surface area contributed by atoms with Crippen molar-refractivity contribution in [2.45, 2.75) is 26.0 Å². The maximum absolute atomic E-state index is 11.9. The third-order valence-electron chi connectivity index (χ3n) is 3.00. The van der Waals surface area contributed by atoms with Crippen LogP contribution in [-0.4, -0.2) is 18.6 Å². The fourth-order valence-electron chi connectivity index (χ4n) is 2.02. The fourth-order valence-corrected chi connectivity index (χ4v) is 2.02. The van der Waals surface area contributed by atoms with E-state index in [1.165, 1.54) is 0 Å². The summed E-state index contributed by atoms with van der Waals surface area (Å²) in [4.78, 5) is 11.9. The van der Waals surface area contributed by atoms with Crippen molar-refractivity contribution in [3.63, 3.8) is 0 Å². The van der Waals surface area contributed by atoms with E-state index in [1.54, 1.807) is 0 Å². The molecule has 1 saturated heterocycles. The molecule has 0 radical (unpaired) electrons. The Hall–Kier alpha value is -1.39. The van der Waals surface area contributed by atoms with Gasteiger partial charge in [0.1, 0.15) is 0 Å². The number of ether oxygens (including phenoxy) is 1. The number of hydrogen-bond donors (Lipinski definition) is 2. The Morgan fingerprint density at radius 1 is 1.59 bits per heavy atom. The second-order valence-corrected chi connectivity index (χ2v) is 4.47. The highest BCUT2D eigenvalue weighted by molar-refractivity contribution is 5.92. The minimum Gasteiger partial charge on any atom is -0.378 e. The first-order valence-electron chi connectivity index (χ1n) is 5.90. The van der Waals surface area contributed by atoms with Crippen LogP contribution in [0.4, 0.5) is 5.69 Å². The van der Waals surface area contributed by atoms with Crippen LogP contribution in [0.3, 0.4) is 0 Å². The number of hydrogen-bond acceptors (Lipinski definition) is 3. The van der Waals surface area contributed by atoms with E-state index >= 15 is 0 Å². The molecule has 2 atom stereocenters. The Morgan fingerprint density at radius 3 is 3.06 bits per heavy atom. The number of nitrogens with two attached hydrogens (primary N) is 1. The molecule has 1 fully saturated rings. The number of nitrogens with one attached hydrogen (secondary N) is 1. The highest BCUT2D eigenvalue weighted by Gasteiger charge is 2.28. The lowest BCUT2D eigenvalue weighted by molar-refractivity contribution is -0.119. The summed E-state index contributed by atoms with van der Waals surface area (Å²) in [5, 5.41) is 2.90. The van der Waals surface area contributed by atoms with Crippen molar-refractivity contribution in [3.05, 3.63) is 29.8 Å². The van der Waals surface area contributed by atoms with Gasteiger partial charge in [-0.3, -0.25) is 4.79 Å². The van der Waals surface area contributed by atoms with E-state index in [2.05, 4.69) is 5.32 Å². The number of carbonyl (C=O) groups excluding carboxylic acids is 1. The molecular weight excluding hydrogens is 216 g/mol. The largest absolute Gasteiger partial charge is 0.378 e. The molecule has 4 nitrogen and oxygen atoms in total. The van der Waals surface area contributed by atoms with Crippen molar-refractivity contribution in [1.29, 1.82) is 0 Å². The molecular formula is C13H18N2O2. The number of anilines is 1. The fraction of sp³-hybridized carbons (Fsp3) is 0.462. The van der Waals surface area contributed by atoms with Crippen LogP contribution in [0.2, 0.25) is 0 Å². The summed E-state index contributed by atoms with van der Waals surface area (Å²) in [5.41, 5.74) is 7.37. The molecule has 1 amide bonds. The van der Waals surface area contributed by atoms with Crippen molar-refractivity contribution in [2.24, 2.45) is 11.7 Å². The van der Waals surface area contributed by atoms with Crippen LogP contribution in [0.25, 0.3) is 0 Å². The quantitative estimate of drug-likeness (QED) is 0.833. The summed E-state index contributed by atoms with van der Waals surface area (Å²) in [5.74, 6) is -0.00458. The van der Waals surface area contributed by atoms with E-state index in [9.17, 15) is 4.79 Å². The van der Waals surface area contributed by atoms with Crippen LogP contribution < -0.4 is 11.1 Å². The molecule has 2 unspecified atom stereocenters. The van der Waals surface area contributed by atoms with Crippen molar-refractivity contribution in [3.8, 4) is 0 Å². The Kier molecular flexibility index (Phi) is 3.76. The Labute approximate surface area is 101 Å². The molecule has 0 bridgehead atoms. The molecule has 4 heteroatoms. The first kappa shape index (κ1) is 12.1. The van der Waals surface area contributed by atoms with Gasteiger partial charge in [0.05, 0.1) is 18.6 Å². The van der Waals surface area contributed by atoms with E-state index in [0.717, 1.165) is 17.7 Å². The van der Waals surface area contributed by atoms with Crippen LogP contribution >= 0.6 is 0 Å². The molecule has 1 aromatic rings. The number of carbonyl (C=O) groups is 1. The zero-order valence-electron chi connectivity index (χ0n) is 9.98. The van der Waals surface area contributed by atoms with Gasteiger partial charge in [-0.15, -0.1) is 0 Å². The molecule has 1 aliphatic rings. The van der Waals surface area contributed by atoms with Crippen LogP contribution in [0.5, 0.6) is 0 Å². The maximum atomic E-state index is 11.9. The molecule has 3 N–H and O–H groups in total. The first-order valence-corrected chi connectivity index (χ1v) is 5.90. The molecule has 0 aliphatic carbocycles. The number of amides is 1. The summed E-state index contributed by atoms with van der Waals surface area (Å²) < 4.78 is 5.39. The molecule has 0 aromatic heterocycles. The third-order valence-corrected chi connectivity index (χ3v) is 3.00. The van der Waals surface area contributed by atoms with E-state index in [0.29, 0.717) is 13.2 Å². The lowest BCUT2D eigenvalue weighted by Crippen LogP contribution is -2.23. The molecule has 1 heterocycles.